The molecule has 0 amide bonds. The Hall–Kier alpha value is -2.02. The van der Waals surface area contributed by atoms with E-state index in [0.717, 1.165) is 0 Å². The minimum absolute atomic E-state index is 0.0277. The molecule has 2 rings (SSSR count). The molecule has 6 nitrogen and oxygen atoms in total. The van der Waals surface area contributed by atoms with E-state index < -0.39 is 10.0 Å². The number of rotatable bonds is 4. The summed E-state index contributed by atoms with van der Waals surface area (Å²) in [6, 6.07) is 4.50. The zero-order valence-electron chi connectivity index (χ0n) is 10.7. The smallest absolute Gasteiger partial charge is 0.280 e. The Labute approximate surface area is 111 Å². The van der Waals surface area contributed by atoms with E-state index in [2.05, 4.69) is 9.71 Å². The molecule has 102 valence electrons. The molecule has 0 atom stereocenters. The van der Waals surface area contributed by atoms with Crippen molar-refractivity contribution in [1.82, 2.24) is 9.55 Å². The van der Waals surface area contributed by atoms with Crippen LogP contribution < -0.4 is 4.72 Å². The maximum atomic E-state index is 12.1. The first-order valence-electron chi connectivity index (χ1n) is 5.76. The van der Waals surface area contributed by atoms with Gasteiger partial charge in [0.1, 0.15) is 5.75 Å². The average molecular weight is 281 g/mol. The van der Waals surface area contributed by atoms with Gasteiger partial charge in [-0.3, -0.25) is 4.72 Å². The zero-order valence-corrected chi connectivity index (χ0v) is 11.5. The second kappa shape index (κ2) is 4.93. The van der Waals surface area contributed by atoms with E-state index in [9.17, 15) is 13.5 Å². The second-order valence-corrected chi connectivity index (χ2v) is 5.78. The monoisotopic (exact) mass is 281 g/mol. The van der Waals surface area contributed by atoms with Gasteiger partial charge in [-0.15, -0.1) is 0 Å². The van der Waals surface area contributed by atoms with Gasteiger partial charge in [-0.05, 0) is 37.6 Å². The normalized spacial score (nSPS) is 11.5. The van der Waals surface area contributed by atoms with Crippen molar-refractivity contribution in [3.8, 4) is 5.75 Å². The fourth-order valence-corrected chi connectivity index (χ4v) is 2.58. The van der Waals surface area contributed by atoms with Crippen LogP contribution in [0.4, 0.5) is 5.69 Å². The van der Waals surface area contributed by atoms with Crippen molar-refractivity contribution < 1.29 is 13.5 Å². The number of phenols is 1. The predicted octanol–water partition coefficient (Wildman–Crippen LogP) is 1.72. The molecule has 0 aliphatic heterocycles. The van der Waals surface area contributed by atoms with Crippen molar-refractivity contribution in [1.29, 1.82) is 0 Å². The van der Waals surface area contributed by atoms with Gasteiger partial charge in [0, 0.05) is 18.4 Å². The number of aromatic nitrogens is 2. The van der Waals surface area contributed by atoms with Gasteiger partial charge in [-0.1, -0.05) is 0 Å². The third kappa shape index (κ3) is 2.87. The maximum absolute atomic E-state index is 12.1. The van der Waals surface area contributed by atoms with E-state index in [1.165, 1.54) is 24.7 Å². The molecular weight excluding hydrogens is 266 g/mol. The van der Waals surface area contributed by atoms with Crippen LogP contribution >= 0.6 is 0 Å². The number of benzene rings is 1. The number of anilines is 1. The van der Waals surface area contributed by atoms with Crippen LogP contribution in [0.1, 0.15) is 12.5 Å². The SMILES string of the molecule is CCn1cnc(S(=O)(=O)Nc2ccc(O)c(C)c2)c1. The number of aryl methyl sites for hydroxylation is 2. The van der Waals surface area contributed by atoms with Crippen LogP contribution in [0.15, 0.2) is 35.7 Å². The van der Waals surface area contributed by atoms with Gasteiger partial charge in [-0.25, -0.2) is 4.98 Å². The van der Waals surface area contributed by atoms with Crippen LogP contribution in [0.3, 0.4) is 0 Å². The molecule has 0 unspecified atom stereocenters. The highest BCUT2D eigenvalue weighted by Gasteiger charge is 2.17. The van der Waals surface area contributed by atoms with Gasteiger partial charge in [-0.2, -0.15) is 8.42 Å². The average Bonchev–Trinajstić information content (AvgIpc) is 2.83. The lowest BCUT2D eigenvalue weighted by Gasteiger charge is -2.07. The predicted molar refractivity (Wildman–Crippen MR) is 71.6 cm³/mol. The van der Waals surface area contributed by atoms with Crippen molar-refractivity contribution in [2.75, 3.05) is 4.72 Å². The number of sulfonamides is 1. The Morgan fingerprint density at radius 1 is 1.42 bits per heavy atom. The summed E-state index contributed by atoms with van der Waals surface area (Å²) in [5.41, 5.74) is 0.987. The van der Waals surface area contributed by atoms with Crippen LogP contribution in [0.5, 0.6) is 5.75 Å². The Morgan fingerprint density at radius 2 is 2.16 bits per heavy atom. The van der Waals surface area contributed by atoms with Crippen LogP contribution in [-0.2, 0) is 16.6 Å². The molecule has 0 spiro atoms. The molecule has 2 aromatic rings. The molecule has 0 bridgehead atoms. The third-order valence-corrected chi connectivity index (χ3v) is 3.96. The Bertz CT molecular complexity index is 692. The lowest BCUT2D eigenvalue weighted by molar-refractivity contribution is 0.471. The Kier molecular flexibility index (Phi) is 3.48. The Balaban J connectivity index is 2.28. The minimum atomic E-state index is -3.70. The molecule has 19 heavy (non-hydrogen) atoms. The number of aromatic hydroxyl groups is 1. The van der Waals surface area contributed by atoms with Gasteiger partial charge in [0.15, 0.2) is 5.03 Å². The fraction of sp³-hybridized carbons (Fsp3) is 0.250. The number of imidazole rings is 1. The minimum Gasteiger partial charge on any atom is -0.508 e. The van der Waals surface area contributed by atoms with E-state index in [4.69, 9.17) is 0 Å². The van der Waals surface area contributed by atoms with E-state index >= 15 is 0 Å². The highest BCUT2D eigenvalue weighted by atomic mass is 32.2. The van der Waals surface area contributed by atoms with Gasteiger partial charge in [0.05, 0.1) is 6.33 Å². The van der Waals surface area contributed by atoms with Crippen molar-refractivity contribution in [3.05, 3.63) is 36.3 Å². The molecule has 1 aromatic carbocycles. The summed E-state index contributed by atoms with van der Waals surface area (Å²) in [7, 11) is -3.70. The molecular formula is C12H15N3O3S. The lowest BCUT2D eigenvalue weighted by Crippen LogP contribution is -2.13. The Morgan fingerprint density at radius 3 is 2.74 bits per heavy atom. The van der Waals surface area contributed by atoms with E-state index in [0.29, 0.717) is 17.8 Å². The summed E-state index contributed by atoms with van der Waals surface area (Å²) in [4.78, 5) is 3.86. The van der Waals surface area contributed by atoms with Crippen LogP contribution in [0, 0.1) is 6.92 Å². The van der Waals surface area contributed by atoms with Crippen molar-refractivity contribution in [2.24, 2.45) is 0 Å². The number of nitrogens with zero attached hydrogens (tertiary/aromatic N) is 2. The largest absolute Gasteiger partial charge is 0.508 e. The quantitative estimate of drug-likeness (QED) is 0.836. The van der Waals surface area contributed by atoms with Crippen molar-refractivity contribution in [3.63, 3.8) is 0 Å². The third-order valence-electron chi connectivity index (χ3n) is 2.70. The number of phenolic OH excluding ortho intramolecular Hbond substituents is 1. The number of hydrogen-bond acceptors (Lipinski definition) is 4. The van der Waals surface area contributed by atoms with Gasteiger partial charge in [0.2, 0.25) is 0 Å². The highest BCUT2D eigenvalue weighted by molar-refractivity contribution is 7.92. The van der Waals surface area contributed by atoms with E-state index in [-0.39, 0.29) is 10.8 Å². The summed E-state index contributed by atoms with van der Waals surface area (Å²) in [5, 5.41) is 9.37. The van der Waals surface area contributed by atoms with Crippen molar-refractivity contribution >= 4 is 15.7 Å². The summed E-state index contributed by atoms with van der Waals surface area (Å²) in [5.74, 6) is 0.123. The molecule has 0 saturated carbocycles. The topological polar surface area (TPSA) is 84.2 Å². The number of hydrogen-bond donors (Lipinski definition) is 2. The standard InChI is InChI=1S/C12H15N3O3S/c1-3-15-7-12(13-8-15)19(17,18)14-10-4-5-11(16)9(2)6-10/h4-8,14,16H,3H2,1-2H3. The first kappa shape index (κ1) is 13.4. The summed E-state index contributed by atoms with van der Waals surface area (Å²) < 4.78 is 28.3. The number of nitrogens with one attached hydrogen (secondary N) is 1. The first-order valence-corrected chi connectivity index (χ1v) is 7.25. The van der Waals surface area contributed by atoms with Gasteiger partial charge < -0.3 is 9.67 Å². The van der Waals surface area contributed by atoms with E-state index in [1.54, 1.807) is 17.6 Å². The molecule has 7 heteroatoms. The van der Waals surface area contributed by atoms with Crippen LogP contribution in [0.2, 0.25) is 0 Å². The maximum Gasteiger partial charge on any atom is 0.280 e. The fourth-order valence-electron chi connectivity index (χ4n) is 1.58. The summed E-state index contributed by atoms with van der Waals surface area (Å²) in [6.07, 6.45) is 2.94. The van der Waals surface area contributed by atoms with Crippen molar-refractivity contribution in [2.45, 2.75) is 25.4 Å². The highest BCUT2D eigenvalue weighted by Crippen LogP contribution is 2.22. The van der Waals surface area contributed by atoms with Crippen LogP contribution in [-0.4, -0.2) is 23.1 Å². The summed E-state index contributed by atoms with van der Waals surface area (Å²) in [6.45, 7) is 4.24. The van der Waals surface area contributed by atoms with E-state index in [1.807, 2.05) is 6.92 Å². The first-order chi connectivity index (χ1) is 8.92. The molecule has 0 aliphatic rings. The summed E-state index contributed by atoms with van der Waals surface area (Å²) >= 11 is 0. The second-order valence-electron chi connectivity index (χ2n) is 4.15. The van der Waals surface area contributed by atoms with Crippen LogP contribution in [0.25, 0.3) is 0 Å². The molecule has 1 heterocycles. The van der Waals surface area contributed by atoms with Gasteiger partial charge >= 0.3 is 0 Å². The molecule has 0 aliphatic carbocycles. The lowest BCUT2D eigenvalue weighted by atomic mass is 10.2. The molecule has 1 aromatic heterocycles. The zero-order chi connectivity index (χ0) is 14.0. The van der Waals surface area contributed by atoms with Gasteiger partial charge in [0.25, 0.3) is 10.0 Å². The molecule has 2 N–H and O–H groups in total. The molecule has 0 radical (unpaired) electrons. The molecule has 0 fully saturated rings. The molecule has 0 saturated heterocycles.